The summed E-state index contributed by atoms with van der Waals surface area (Å²) >= 11 is 6.46. The van der Waals surface area contributed by atoms with Crippen LogP contribution >= 0.6 is 11.6 Å². The van der Waals surface area contributed by atoms with Gasteiger partial charge in [0.05, 0.1) is 0 Å². The summed E-state index contributed by atoms with van der Waals surface area (Å²) in [4.78, 5) is 51.9. The summed E-state index contributed by atoms with van der Waals surface area (Å²) in [7, 11) is 1.53. The van der Waals surface area contributed by atoms with Crippen molar-refractivity contribution in [2.75, 3.05) is 13.6 Å². The molecule has 10 nitrogen and oxygen atoms in total. The molecule has 2 aromatic rings. The van der Waals surface area contributed by atoms with Crippen LogP contribution in [0.15, 0.2) is 48.8 Å². The Hall–Kier alpha value is -3.50. The predicted octanol–water partition coefficient (Wildman–Crippen LogP) is 3.00. The lowest BCUT2D eigenvalue weighted by molar-refractivity contribution is -0.727. The number of carbonyl (C=O) groups excluding carboxylic acids is 3. The molecule has 2 amide bonds. The summed E-state index contributed by atoms with van der Waals surface area (Å²) in [6.45, 7) is 0.219. The molecule has 38 heavy (non-hydrogen) atoms. The maximum atomic E-state index is 13.2. The number of unbranched alkanes of at least 4 members (excludes halogenated alkanes) is 1. The number of hydrogen-bond donors (Lipinski definition) is 3. The number of rotatable bonds is 11. The first kappa shape index (κ1) is 29.1. The maximum absolute atomic E-state index is 13.2. The number of Topliss-reactive ketones (excluding diaryl/α,β-unsaturated/α-hetero) is 1. The smallest absolute Gasteiger partial charge is 0.415 e. The largest absolute Gasteiger partial charge is 0.480 e. The van der Waals surface area contributed by atoms with Gasteiger partial charge in [-0.2, -0.15) is 4.57 Å². The maximum Gasteiger partial charge on any atom is 0.415 e. The Morgan fingerprint density at radius 1 is 1.21 bits per heavy atom. The van der Waals surface area contributed by atoms with E-state index in [9.17, 15) is 24.3 Å². The van der Waals surface area contributed by atoms with Crippen molar-refractivity contribution in [2.24, 2.45) is 5.73 Å². The minimum Gasteiger partial charge on any atom is -0.480 e. The molecule has 1 saturated carbocycles. The zero-order valence-corrected chi connectivity index (χ0v) is 22.2. The van der Waals surface area contributed by atoms with Crippen LogP contribution in [0, 0.1) is 0 Å². The van der Waals surface area contributed by atoms with Gasteiger partial charge in [-0.05, 0) is 57.2 Å². The van der Waals surface area contributed by atoms with Crippen molar-refractivity contribution in [3.63, 3.8) is 0 Å². The lowest BCUT2D eigenvalue weighted by Gasteiger charge is -2.43. The van der Waals surface area contributed by atoms with Crippen molar-refractivity contribution in [2.45, 2.75) is 63.3 Å². The second kappa shape index (κ2) is 13.3. The Kier molecular flexibility index (Phi) is 10.2. The van der Waals surface area contributed by atoms with Crippen molar-refractivity contribution in [3.8, 4) is 0 Å². The number of nitrogens with zero attached hydrogens (tertiary/aromatic N) is 2. The summed E-state index contributed by atoms with van der Waals surface area (Å²) in [6.07, 6.45) is 6.11. The molecule has 4 N–H and O–H groups in total. The molecular formula is C27H34ClN4O6+. The molecule has 1 aromatic heterocycles. The van der Waals surface area contributed by atoms with E-state index in [2.05, 4.69) is 5.32 Å². The molecule has 0 spiro atoms. The van der Waals surface area contributed by atoms with Crippen LogP contribution in [0.25, 0.3) is 0 Å². The molecule has 0 aliphatic heterocycles. The molecule has 11 heteroatoms. The van der Waals surface area contributed by atoms with Gasteiger partial charge in [0.1, 0.15) is 17.1 Å². The van der Waals surface area contributed by atoms with Gasteiger partial charge in [0.15, 0.2) is 18.2 Å². The van der Waals surface area contributed by atoms with Crippen LogP contribution in [-0.2, 0) is 26.6 Å². The van der Waals surface area contributed by atoms with Crippen LogP contribution in [0.1, 0.15) is 60.9 Å². The van der Waals surface area contributed by atoms with Gasteiger partial charge in [-0.3, -0.25) is 14.5 Å². The van der Waals surface area contributed by atoms with Gasteiger partial charge >= 0.3 is 12.1 Å². The van der Waals surface area contributed by atoms with Gasteiger partial charge in [0.2, 0.25) is 0 Å². The molecular weight excluding hydrogens is 512 g/mol. The number of nitrogens with two attached hydrogens (primary N) is 1. The van der Waals surface area contributed by atoms with Crippen molar-refractivity contribution >= 4 is 35.4 Å². The number of amides is 2. The SMILES string of the molecule is CN(C(=O)OC[n+]1cccc(C(=O)N[C@@H](CCCCN)C(=O)O)c1)C1(c2ccccc2Cl)CCCCC1=O. The summed E-state index contributed by atoms with van der Waals surface area (Å²) in [5, 5.41) is 12.3. The number of ketones is 1. The van der Waals surface area contributed by atoms with Gasteiger partial charge < -0.3 is 20.9 Å². The monoisotopic (exact) mass is 545 g/mol. The van der Waals surface area contributed by atoms with Crippen LogP contribution in [0.5, 0.6) is 0 Å². The number of halogens is 1. The van der Waals surface area contributed by atoms with Crippen LogP contribution in [0.4, 0.5) is 4.79 Å². The quantitative estimate of drug-likeness (QED) is 0.291. The first-order valence-corrected chi connectivity index (χ1v) is 13.0. The Morgan fingerprint density at radius 3 is 2.66 bits per heavy atom. The number of benzene rings is 1. The Labute approximate surface area is 226 Å². The van der Waals surface area contributed by atoms with E-state index in [1.165, 1.54) is 28.8 Å². The molecule has 1 aromatic carbocycles. The number of carboxylic acid groups (broad SMARTS) is 1. The molecule has 1 aliphatic carbocycles. The summed E-state index contributed by atoms with van der Waals surface area (Å²) in [5.74, 6) is -1.78. The first-order valence-electron chi connectivity index (χ1n) is 12.6. The Bertz CT molecular complexity index is 1180. The number of nitrogens with one attached hydrogen (secondary N) is 1. The molecule has 1 aliphatic rings. The molecule has 0 saturated heterocycles. The van der Waals surface area contributed by atoms with E-state index in [4.69, 9.17) is 22.1 Å². The van der Waals surface area contributed by atoms with E-state index in [-0.39, 0.29) is 24.5 Å². The van der Waals surface area contributed by atoms with Crippen LogP contribution in [0.3, 0.4) is 0 Å². The Morgan fingerprint density at radius 2 is 1.97 bits per heavy atom. The highest BCUT2D eigenvalue weighted by Crippen LogP contribution is 2.42. The number of aliphatic carboxylic acids is 1. The van der Waals surface area contributed by atoms with Crippen molar-refractivity contribution in [1.29, 1.82) is 0 Å². The number of pyridine rings is 1. The minimum absolute atomic E-state index is 0.0953. The van der Waals surface area contributed by atoms with Gasteiger partial charge in [-0.1, -0.05) is 29.8 Å². The van der Waals surface area contributed by atoms with E-state index >= 15 is 0 Å². The van der Waals surface area contributed by atoms with E-state index < -0.39 is 29.6 Å². The third-order valence-corrected chi connectivity index (χ3v) is 7.16. The molecule has 1 unspecified atom stereocenters. The fourth-order valence-corrected chi connectivity index (χ4v) is 5.03. The molecule has 1 fully saturated rings. The molecule has 0 bridgehead atoms. The number of aromatic nitrogens is 1. The third kappa shape index (κ3) is 6.68. The second-order valence-corrected chi connectivity index (χ2v) is 9.73. The van der Waals surface area contributed by atoms with Crippen LogP contribution < -0.4 is 15.6 Å². The van der Waals surface area contributed by atoms with E-state index in [0.717, 1.165) is 12.8 Å². The van der Waals surface area contributed by atoms with Gasteiger partial charge in [0, 0.05) is 30.1 Å². The highest BCUT2D eigenvalue weighted by Gasteiger charge is 2.48. The van der Waals surface area contributed by atoms with Gasteiger partial charge in [0.25, 0.3) is 12.6 Å². The number of carbonyl (C=O) groups is 4. The zero-order chi connectivity index (χ0) is 27.7. The molecule has 1 heterocycles. The first-order chi connectivity index (χ1) is 18.2. The molecule has 2 atom stereocenters. The van der Waals surface area contributed by atoms with Crippen LogP contribution in [0.2, 0.25) is 5.02 Å². The van der Waals surface area contributed by atoms with Crippen LogP contribution in [-0.4, -0.2) is 53.4 Å². The highest BCUT2D eigenvalue weighted by atomic mass is 35.5. The fourth-order valence-electron chi connectivity index (χ4n) is 4.74. The number of hydrogen-bond acceptors (Lipinski definition) is 6. The zero-order valence-electron chi connectivity index (χ0n) is 21.4. The van der Waals surface area contributed by atoms with E-state index in [1.807, 2.05) is 0 Å². The van der Waals surface area contributed by atoms with Crippen molar-refractivity contribution in [1.82, 2.24) is 10.2 Å². The third-order valence-electron chi connectivity index (χ3n) is 6.83. The van der Waals surface area contributed by atoms with Gasteiger partial charge in [-0.25, -0.2) is 9.59 Å². The van der Waals surface area contributed by atoms with Gasteiger partial charge in [-0.15, -0.1) is 0 Å². The second-order valence-electron chi connectivity index (χ2n) is 9.32. The predicted molar refractivity (Wildman–Crippen MR) is 139 cm³/mol. The van der Waals surface area contributed by atoms with Crippen molar-refractivity contribution < 1.29 is 33.6 Å². The normalized spacial score (nSPS) is 17.9. The number of ether oxygens (including phenoxy) is 1. The average molecular weight is 546 g/mol. The summed E-state index contributed by atoms with van der Waals surface area (Å²) in [6, 6.07) is 9.08. The number of likely N-dealkylation sites (N-methyl/N-ethyl adjacent to an activating group) is 1. The lowest BCUT2D eigenvalue weighted by atomic mass is 9.74. The molecule has 204 valence electrons. The topological polar surface area (TPSA) is 143 Å². The standard InChI is InChI=1S/C27H33ClN4O6/c1-31(27(14-6-4-13-23(27)33)20-10-2-3-11-21(20)28)26(37)38-18-32-16-8-9-19(17-32)24(34)30-22(25(35)36)12-5-7-15-29/h2-3,8-11,16-17,22H,4-7,12-15,18,29H2,1H3,(H-,30,34,35,36)/p+1/t22-,27?/m0/s1. The number of carboxylic acids is 1. The minimum atomic E-state index is -1.23. The fraction of sp³-hybridized carbons (Fsp3) is 0.444. The summed E-state index contributed by atoms with van der Waals surface area (Å²) < 4.78 is 7.00. The van der Waals surface area contributed by atoms with E-state index in [0.29, 0.717) is 42.8 Å². The summed E-state index contributed by atoms with van der Waals surface area (Å²) in [5.41, 5.74) is 5.01. The van der Waals surface area contributed by atoms with E-state index in [1.54, 1.807) is 36.5 Å². The molecule has 0 radical (unpaired) electrons. The van der Waals surface area contributed by atoms with Crippen molar-refractivity contribution in [3.05, 3.63) is 64.9 Å². The Balaban J connectivity index is 1.71. The lowest BCUT2D eigenvalue weighted by Crippen LogP contribution is -2.55. The highest BCUT2D eigenvalue weighted by molar-refractivity contribution is 6.31. The molecule has 3 rings (SSSR count). The average Bonchev–Trinajstić information content (AvgIpc) is 2.91.